The van der Waals surface area contributed by atoms with Crippen LogP contribution in [0.4, 0.5) is 0 Å². The summed E-state index contributed by atoms with van der Waals surface area (Å²) in [7, 11) is 1.62. The number of amides is 1. The number of hydrogen-bond donors (Lipinski definition) is 0. The number of likely N-dealkylation sites (N-methyl/N-ethyl adjacent to an activating group) is 1. The van der Waals surface area contributed by atoms with Crippen molar-refractivity contribution in [3.8, 4) is 11.5 Å². The molecule has 6 aromatic rings. The SMILES string of the molecule is CCN(CC)C(=O)C1=C(C)N=c2s/c(=C/c3c(OCc4ccc(Cl)cc4)ccc4ccccc34)c(=O)n2[C@H]1c1c(OC)ccc2ccccc12. The minimum atomic E-state index is -0.768. The Morgan fingerprint density at radius 3 is 2.22 bits per heavy atom. The Morgan fingerprint density at radius 1 is 0.900 bits per heavy atom. The van der Waals surface area contributed by atoms with Gasteiger partial charge in [0.25, 0.3) is 11.5 Å². The van der Waals surface area contributed by atoms with Gasteiger partial charge in [-0.1, -0.05) is 95.7 Å². The topological polar surface area (TPSA) is 73.1 Å². The first-order chi connectivity index (χ1) is 24.3. The van der Waals surface area contributed by atoms with Gasteiger partial charge < -0.3 is 14.4 Å². The molecule has 1 aliphatic rings. The fraction of sp³-hybridized carbons (Fsp3) is 0.195. The highest BCUT2D eigenvalue weighted by Gasteiger charge is 2.36. The van der Waals surface area contributed by atoms with Crippen molar-refractivity contribution in [2.24, 2.45) is 4.99 Å². The van der Waals surface area contributed by atoms with Crippen molar-refractivity contribution in [2.75, 3.05) is 20.2 Å². The summed E-state index contributed by atoms with van der Waals surface area (Å²) in [6.07, 6.45) is 1.89. The summed E-state index contributed by atoms with van der Waals surface area (Å²) in [6, 6.07) is 30.6. The number of carbonyl (C=O) groups excluding carboxylic acids is 1. The van der Waals surface area contributed by atoms with E-state index in [1.165, 1.54) is 11.3 Å². The minimum Gasteiger partial charge on any atom is -0.496 e. The molecule has 0 saturated heterocycles. The number of thiazole rings is 1. The van der Waals surface area contributed by atoms with Gasteiger partial charge in [-0.3, -0.25) is 14.2 Å². The van der Waals surface area contributed by atoms with E-state index in [9.17, 15) is 9.59 Å². The Labute approximate surface area is 299 Å². The fourth-order valence-corrected chi connectivity index (χ4v) is 7.86. The molecule has 0 N–H and O–H groups in total. The van der Waals surface area contributed by atoms with E-state index in [4.69, 9.17) is 26.1 Å². The highest BCUT2D eigenvalue weighted by molar-refractivity contribution is 7.07. The number of allylic oxidation sites excluding steroid dienone is 1. The molecule has 0 aliphatic carbocycles. The van der Waals surface area contributed by atoms with Crippen LogP contribution in [0.1, 0.15) is 43.5 Å². The second-order valence-corrected chi connectivity index (χ2v) is 13.5. The zero-order chi connectivity index (χ0) is 34.9. The fourth-order valence-electron chi connectivity index (χ4n) is 6.71. The molecule has 7 nitrogen and oxygen atoms in total. The van der Waals surface area contributed by atoms with Crippen LogP contribution in [-0.2, 0) is 11.4 Å². The molecule has 9 heteroatoms. The molecule has 1 aromatic heterocycles. The van der Waals surface area contributed by atoms with Crippen molar-refractivity contribution in [1.82, 2.24) is 9.47 Å². The molecule has 0 bridgehead atoms. The molecular weight excluding hydrogens is 666 g/mol. The van der Waals surface area contributed by atoms with Gasteiger partial charge in [-0.15, -0.1) is 0 Å². The predicted octanol–water partition coefficient (Wildman–Crippen LogP) is 7.65. The smallest absolute Gasteiger partial charge is 0.271 e. The van der Waals surface area contributed by atoms with Crippen LogP contribution in [0.3, 0.4) is 0 Å². The maximum Gasteiger partial charge on any atom is 0.271 e. The van der Waals surface area contributed by atoms with Crippen LogP contribution in [-0.4, -0.2) is 35.6 Å². The number of nitrogens with zero attached hydrogens (tertiary/aromatic N) is 3. The number of benzene rings is 5. The lowest BCUT2D eigenvalue weighted by Gasteiger charge is -2.30. The van der Waals surface area contributed by atoms with E-state index < -0.39 is 6.04 Å². The van der Waals surface area contributed by atoms with Gasteiger partial charge in [-0.2, -0.15) is 0 Å². The summed E-state index contributed by atoms with van der Waals surface area (Å²) in [4.78, 5) is 36.3. The molecule has 0 fully saturated rings. The minimum absolute atomic E-state index is 0.155. The zero-order valence-electron chi connectivity index (χ0n) is 28.3. The van der Waals surface area contributed by atoms with Crippen LogP contribution in [0.2, 0.25) is 5.02 Å². The first-order valence-corrected chi connectivity index (χ1v) is 17.8. The monoisotopic (exact) mass is 701 g/mol. The molecule has 0 radical (unpaired) electrons. The number of ether oxygens (including phenoxy) is 2. The van der Waals surface area contributed by atoms with Gasteiger partial charge >= 0.3 is 0 Å². The number of aromatic nitrogens is 1. The van der Waals surface area contributed by atoms with Crippen molar-refractivity contribution in [2.45, 2.75) is 33.4 Å². The Morgan fingerprint density at radius 2 is 1.54 bits per heavy atom. The molecule has 0 saturated carbocycles. The lowest BCUT2D eigenvalue weighted by atomic mass is 9.90. The lowest BCUT2D eigenvalue weighted by Crippen LogP contribution is -2.43. The Hall–Kier alpha value is -5.18. The Kier molecular flexibility index (Phi) is 9.31. The molecule has 1 atom stereocenters. The van der Waals surface area contributed by atoms with Crippen LogP contribution >= 0.6 is 22.9 Å². The summed E-state index contributed by atoms with van der Waals surface area (Å²) in [5.74, 6) is 1.08. The van der Waals surface area contributed by atoms with Gasteiger partial charge in [-0.25, -0.2) is 4.99 Å². The molecule has 1 amide bonds. The molecule has 50 heavy (non-hydrogen) atoms. The van der Waals surface area contributed by atoms with Crippen LogP contribution in [0.15, 0.2) is 118 Å². The maximum absolute atomic E-state index is 14.8. The highest BCUT2D eigenvalue weighted by Crippen LogP contribution is 2.40. The molecule has 5 aromatic carbocycles. The number of fused-ring (bicyclic) bond motifs is 3. The Balaban J connectivity index is 1.47. The molecular formula is C41H36ClN3O4S. The summed E-state index contributed by atoms with van der Waals surface area (Å²) in [6.45, 7) is 7.14. The van der Waals surface area contributed by atoms with E-state index in [0.29, 0.717) is 56.8 Å². The van der Waals surface area contributed by atoms with Crippen LogP contribution in [0, 0.1) is 0 Å². The lowest BCUT2D eigenvalue weighted by molar-refractivity contribution is -0.127. The van der Waals surface area contributed by atoms with Gasteiger partial charge in [0.1, 0.15) is 24.1 Å². The van der Waals surface area contributed by atoms with Gasteiger partial charge in [0, 0.05) is 29.2 Å². The molecule has 7 rings (SSSR count). The summed E-state index contributed by atoms with van der Waals surface area (Å²) >= 11 is 7.42. The number of carbonyl (C=O) groups is 1. The standard InChI is InChI=1S/C41H36ClN3O4S/c1-5-44(6-2)40(47)36-25(3)43-41-45(38(36)37-31-14-10-8-12-28(31)18-22-34(37)48-4)39(46)35(50-41)23-32-30-13-9-7-11-27(30)17-21-33(32)49-24-26-15-19-29(42)20-16-26/h7-23,38H,5-6,24H2,1-4H3/b35-23+/t38-/m1/s1. The van der Waals surface area contributed by atoms with E-state index in [1.54, 1.807) is 16.6 Å². The summed E-state index contributed by atoms with van der Waals surface area (Å²) < 4.78 is 14.5. The molecule has 1 aliphatic heterocycles. The number of hydrogen-bond acceptors (Lipinski definition) is 6. The van der Waals surface area contributed by atoms with Crippen LogP contribution in [0.5, 0.6) is 11.5 Å². The number of methoxy groups -OCH3 is 1. The van der Waals surface area contributed by atoms with Gasteiger partial charge in [0.05, 0.1) is 22.9 Å². The third-order valence-corrected chi connectivity index (χ3v) is 10.5. The molecule has 2 heterocycles. The second kappa shape index (κ2) is 14.0. The van der Waals surface area contributed by atoms with E-state index in [1.807, 2.05) is 124 Å². The quantitative estimate of drug-likeness (QED) is 0.155. The third kappa shape index (κ3) is 5.99. The second-order valence-electron chi connectivity index (χ2n) is 12.1. The van der Waals surface area contributed by atoms with E-state index >= 15 is 0 Å². The van der Waals surface area contributed by atoms with Crippen molar-refractivity contribution in [1.29, 1.82) is 0 Å². The highest BCUT2D eigenvalue weighted by atomic mass is 35.5. The van der Waals surface area contributed by atoms with E-state index in [-0.39, 0.29) is 11.5 Å². The van der Waals surface area contributed by atoms with E-state index in [2.05, 4.69) is 0 Å². The van der Waals surface area contributed by atoms with Gasteiger partial charge in [0.2, 0.25) is 0 Å². The van der Waals surface area contributed by atoms with Crippen molar-refractivity contribution < 1.29 is 14.3 Å². The van der Waals surface area contributed by atoms with Gasteiger partial charge in [-0.05, 0) is 78.2 Å². The van der Waals surface area contributed by atoms with Crippen LogP contribution in [0.25, 0.3) is 27.6 Å². The zero-order valence-corrected chi connectivity index (χ0v) is 29.8. The number of rotatable bonds is 9. The normalized spacial score (nSPS) is 14.5. The predicted molar refractivity (Wildman–Crippen MR) is 202 cm³/mol. The van der Waals surface area contributed by atoms with Crippen molar-refractivity contribution in [3.63, 3.8) is 0 Å². The van der Waals surface area contributed by atoms with Crippen molar-refractivity contribution >= 4 is 56.5 Å². The average Bonchev–Trinajstić information content (AvgIpc) is 3.44. The number of halogens is 1. The Bertz CT molecular complexity index is 2480. The summed E-state index contributed by atoms with van der Waals surface area (Å²) in [5, 5.41) is 4.51. The first kappa shape index (κ1) is 33.3. The average molecular weight is 702 g/mol. The molecule has 252 valence electrons. The third-order valence-electron chi connectivity index (χ3n) is 9.24. The van der Waals surface area contributed by atoms with Gasteiger partial charge in [0.15, 0.2) is 4.80 Å². The van der Waals surface area contributed by atoms with Crippen LogP contribution < -0.4 is 24.4 Å². The molecule has 0 unspecified atom stereocenters. The molecule has 0 spiro atoms. The van der Waals surface area contributed by atoms with Crippen molar-refractivity contribution in [3.05, 3.63) is 150 Å². The largest absolute Gasteiger partial charge is 0.496 e. The summed E-state index contributed by atoms with van der Waals surface area (Å²) in [5.41, 5.74) is 3.30. The maximum atomic E-state index is 14.8. The first-order valence-electron chi connectivity index (χ1n) is 16.6. The van der Waals surface area contributed by atoms with E-state index in [0.717, 1.165) is 38.2 Å².